The number of hydrogen-bond acceptors (Lipinski definition) is 3. The van der Waals surface area contributed by atoms with Gasteiger partial charge in [-0.3, -0.25) is 9.59 Å². The van der Waals surface area contributed by atoms with Gasteiger partial charge < -0.3 is 14.5 Å². The maximum absolute atomic E-state index is 12.8. The molecule has 0 radical (unpaired) electrons. The highest BCUT2D eigenvalue weighted by Gasteiger charge is 2.37. The van der Waals surface area contributed by atoms with E-state index in [-0.39, 0.29) is 23.8 Å². The van der Waals surface area contributed by atoms with Crippen LogP contribution in [0.2, 0.25) is 0 Å². The van der Waals surface area contributed by atoms with E-state index < -0.39 is 0 Å². The lowest BCUT2D eigenvalue weighted by Gasteiger charge is -2.33. The Balaban J connectivity index is 1.44. The topological polar surface area (TPSA) is 49.9 Å². The zero-order chi connectivity index (χ0) is 19.2. The summed E-state index contributed by atoms with van der Waals surface area (Å²) in [5.41, 5.74) is 1.23. The summed E-state index contributed by atoms with van der Waals surface area (Å²) in [6.07, 6.45) is 3.26. The van der Waals surface area contributed by atoms with Crippen LogP contribution < -0.4 is 0 Å². The van der Waals surface area contributed by atoms with Crippen LogP contribution >= 0.6 is 0 Å². The van der Waals surface area contributed by atoms with Crippen LogP contribution in [0.5, 0.6) is 0 Å². The quantitative estimate of drug-likeness (QED) is 0.739. The Bertz CT molecular complexity index is 624. The zero-order valence-electron chi connectivity index (χ0n) is 16.6. The van der Waals surface area contributed by atoms with E-state index in [0.717, 1.165) is 39.0 Å². The molecular weight excluding hydrogens is 340 g/mol. The lowest BCUT2D eigenvalue weighted by Crippen LogP contribution is -2.44. The van der Waals surface area contributed by atoms with Gasteiger partial charge in [-0.15, -0.1) is 0 Å². The minimum Gasteiger partial charge on any atom is -0.378 e. The molecule has 2 amide bonds. The van der Waals surface area contributed by atoms with Gasteiger partial charge >= 0.3 is 0 Å². The molecular formula is C22H32N2O3. The van der Waals surface area contributed by atoms with Crippen molar-refractivity contribution in [3.05, 3.63) is 35.9 Å². The molecule has 27 heavy (non-hydrogen) atoms. The molecule has 2 heterocycles. The van der Waals surface area contributed by atoms with E-state index >= 15 is 0 Å². The first-order valence-corrected chi connectivity index (χ1v) is 10.2. The summed E-state index contributed by atoms with van der Waals surface area (Å²) < 4.78 is 5.91. The second-order valence-corrected chi connectivity index (χ2v) is 8.23. The van der Waals surface area contributed by atoms with Crippen LogP contribution in [0.1, 0.15) is 38.7 Å². The summed E-state index contributed by atoms with van der Waals surface area (Å²) in [6, 6.07) is 10.2. The van der Waals surface area contributed by atoms with E-state index in [9.17, 15) is 9.59 Å². The maximum atomic E-state index is 12.8. The molecule has 148 valence electrons. The number of carbonyl (C=O) groups is 2. The van der Waals surface area contributed by atoms with Crippen LogP contribution in [0, 0.1) is 11.8 Å². The SMILES string of the molecule is CC(C)COC1CCN(C(=O)C2CC(=O)N(CCc3ccccc3)C2)CC1. The van der Waals surface area contributed by atoms with Gasteiger partial charge in [-0.1, -0.05) is 44.2 Å². The molecule has 1 aromatic rings. The number of piperidine rings is 1. The first-order valence-electron chi connectivity index (χ1n) is 10.2. The Kier molecular flexibility index (Phi) is 6.89. The molecule has 0 saturated carbocycles. The fourth-order valence-electron chi connectivity index (χ4n) is 3.89. The Morgan fingerprint density at radius 2 is 1.89 bits per heavy atom. The van der Waals surface area contributed by atoms with E-state index in [4.69, 9.17) is 4.74 Å². The van der Waals surface area contributed by atoms with E-state index in [1.165, 1.54) is 5.56 Å². The van der Waals surface area contributed by atoms with Crippen LogP contribution in [-0.4, -0.2) is 60.5 Å². The molecule has 1 aromatic carbocycles. The highest BCUT2D eigenvalue weighted by atomic mass is 16.5. The van der Waals surface area contributed by atoms with Crippen LogP contribution in [0.3, 0.4) is 0 Å². The van der Waals surface area contributed by atoms with Gasteiger partial charge in [0.1, 0.15) is 0 Å². The number of hydrogen-bond donors (Lipinski definition) is 0. The second kappa shape index (κ2) is 9.36. The number of ether oxygens (including phenoxy) is 1. The number of nitrogens with zero attached hydrogens (tertiary/aromatic N) is 2. The third-order valence-electron chi connectivity index (χ3n) is 5.50. The summed E-state index contributed by atoms with van der Waals surface area (Å²) in [5.74, 6) is 0.616. The molecule has 1 unspecified atom stereocenters. The summed E-state index contributed by atoms with van der Waals surface area (Å²) in [5, 5.41) is 0. The standard InChI is InChI=1S/C22H32N2O3/c1-17(2)16-27-20-9-12-23(13-10-20)22(26)19-14-21(25)24(15-19)11-8-18-6-4-3-5-7-18/h3-7,17,19-20H,8-16H2,1-2H3. The Hall–Kier alpha value is -1.88. The molecule has 0 aromatic heterocycles. The highest BCUT2D eigenvalue weighted by Crippen LogP contribution is 2.23. The molecule has 5 nitrogen and oxygen atoms in total. The number of likely N-dealkylation sites (tertiary alicyclic amines) is 2. The van der Waals surface area contributed by atoms with Crippen LogP contribution in [-0.2, 0) is 20.7 Å². The van der Waals surface area contributed by atoms with Crippen molar-refractivity contribution in [3.8, 4) is 0 Å². The fraction of sp³-hybridized carbons (Fsp3) is 0.636. The van der Waals surface area contributed by atoms with Crippen LogP contribution in [0.15, 0.2) is 30.3 Å². The smallest absolute Gasteiger partial charge is 0.227 e. The number of carbonyl (C=O) groups excluding carboxylic acids is 2. The fourth-order valence-corrected chi connectivity index (χ4v) is 3.89. The van der Waals surface area contributed by atoms with Crippen molar-refractivity contribution in [2.24, 2.45) is 11.8 Å². The average Bonchev–Trinajstić information content (AvgIpc) is 3.06. The van der Waals surface area contributed by atoms with E-state index in [1.54, 1.807) is 0 Å². The third kappa shape index (κ3) is 5.55. The predicted octanol–water partition coefficient (Wildman–Crippen LogP) is 2.74. The Labute approximate surface area is 162 Å². The van der Waals surface area contributed by atoms with E-state index in [1.807, 2.05) is 28.0 Å². The second-order valence-electron chi connectivity index (χ2n) is 8.23. The molecule has 0 N–H and O–H groups in total. The molecule has 3 rings (SSSR count). The molecule has 2 aliphatic rings. The molecule has 0 aliphatic carbocycles. The van der Waals surface area contributed by atoms with Gasteiger partial charge in [0.25, 0.3) is 0 Å². The van der Waals surface area contributed by atoms with Gasteiger partial charge in [-0.25, -0.2) is 0 Å². The van der Waals surface area contributed by atoms with Crippen molar-refractivity contribution in [3.63, 3.8) is 0 Å². The predicted molar refractivity (Wildman–Crippen MR) is 105 cm³/mol. The summed E-state index contributed by atoms with van der Waals surface area (Å²) in [7, 11) is 0. The first kappa shape index (κ1) is 19.9. The molecule has 2 fully saturated rings. The highest BCUT2D eigenvalue weighted by molar-refractivity contribution is 5.89. The molecule has 0 spiro atoms. The first-order chi connectivity index (χ1) is 13.0. The van der Waals surface area contributed by atoms with Gasteiger partial charge in [0, 0.05) is 39.2 Å². The minimum atomic E-state index is -0.179. The normalized spacial score (nSPS) is 21.3. The number of amides is 2. The lowest BCUT2D eigenvalue weighted by molar-refractivity contribution is -0.138. The van der Waals surface area contributed by atoms with Gasteiger partial charge in [0.15, 0.2) is 0 Å². The van der Waals surface area contributed by atoms with E-state index in [0.29, 0.717) is 25.4 Å². The number of benzene rings is 1. The van der Waals surface area contributed by atoms with Gasteiger partial charge in [-0.2, -0.15) is 0 Å². The molecule has 0 bridgehead atoms. The summed E-state index contributed by atoms with van der Waals surface area (Å²) in [4.78, 5) is 29.0. The Morgan fingerprint density at radius 1 is 1.19 bits per heavy atom. The zero-order valence-corrected chi connectivity index (χ0v) is 16.6. The lowest BCUT2D eigenvalue weighted by atomic mass is 10.0. The molecule has 2 aliphatic heterocycles. The van der Waals surface area contributed by atoms with Gasteiger partial charge in [0.05, 0.1) is 12.0 Å². The average molecular weight is 373 g/mol. The Morgan fingerprint density at radius 3 is 2.56 bits per heavy atom. The largest absolute Gasteiger partial charge is 0.378 e. The van der Waals surface area contributed by atoms with Crippen molar-refractivity contribution in [1.82, 2.24) is 9.80 Å². The summed E-state index contributed by atoms with van der Waals surface area (Å²) in [6.45, 7) is 7.84. The third-order valence-corrected chi connectivity index (χ3v) is 5.50. The van der Waals surface area contributed by atoms with Gasteiger partial charge in [-0.05, 0) is 30.7 Å². The van der Waals surface area contributed by atoms with E-state index in [2.05, 4.69) is 26.0 Å². The molecule has 2 saturated heterocycles. The van der Waals surface area contributed by atoms with Crippen molar-refractivity contribution in [2.45, 2.75) is 45.6 Å². The molecule has 5 heteroatoms. The van der Waals surface area contributed by atoms with Crippen molar-refractivity contribution < 1.29 is 14.3 Å². The van der Waals surface area contributed by atoms with Crippen LogP contribution in [0.25, 0.3) is 0 Å². The molecule has 1 atom stereocenters. The van der Waals surface area contributed by atoms with Gasteiger partial charge in [0.2, 0.25) is 11.8 Å². The van der Waals surface area contributed by atoms with Crippen molar-refractivity contribution in [2.75, 3.05) is 32.8 Å². The van der Waals surface area contributed by atoms with Crippen LogP contribution in [0.4, 0.5) is 0 Å². The maximum Gasteiger partial charge on any atom is 0.227 e. The summed E-state index contributed by atoms with van der Waals surface area (Å²) >= 11 is 0. The minimum absolute atomic E-state index is 0.111. The monoisotopic (exact) mass is 372 g/mol. The number of rotatable bonds is 7. The van der Waals surface area contributed by atoms with Crippen molar-refractivity contribution in [1.29, 1.82) is 0 Å². The van der Waals surface area contributed by atoms with Crippen molar-refractivity contribution >= 4 is 11.8 Å².